The predicted molar refractivity (Wildman–Crippen MR) is 61.9 cm³/mol. The Kier molecular flexibility index (Phi) is 2.77. The summed E-state index contributed by atoms with van der Waals surface area (Å²) in [5.41, 5.74) is 4.23. The molecule has 0 bridgehead atoms. The van der Waals surface area contributed by atoms with E-state index >= 15 is 0 Å². The number of nitrogens with two attached hydrogens (primary N) is 1. The first-order valence-corrected chi connectivity index (χ1v) is 5.29. The minimum absolute atomic E-state index is 0.250. The van der Waals surface area contributed by atoms with Crippen LogP contribution in [0.2, 0.25) is 0 Å². The lowest BCUT2D eigenvalue weighted by atomic mass is 9.95. The molecule has 1 fully saturated rings. The highest BCUT2D eigenvalue weighted by Crippen LogP contribution is 2.28. The van der Waals surface area contributed by atoms with Crippen molar-refractivity contribution in [3.8, 4) is 0 Å². The molecule has 0 amide bonds. The summed E-state index contributed by atoms with van der Waals surface area (Å²) in [5, 5.41) is 0. The standard InChI is InChI=1S/C11H15FN4/c1-2-11(12)5-3-7-16(8-11)10-14-6-4-9(13)15-10/h2,4,6H,1,3,5,7-8H2,(H2,13,14,15)/t11-/m0/s1. The van der Waals surface area contributed by atoms with Crippen molar-refractivity contribution in [2.75, 3.05) is 23.7 Å². The number of hydrogen-bond acceptors (Lipinski definition) is 4. The number of halogens is 1. The normalized spacial score (nSPS) is 25.4. The lowest BCUT2D eigenvalue weighted by molar-refractivity contribution is 0.195. The zero-order valence-corrected chi connectivity index (χ0v) is 9.06. The molecule has 4 nitrogen and oxygen atoms in total. The van der Waals surface area contributed by atoms with Crippen LogP contribution in [0.15, 0.2) is 24.9 Å². The highest BCUT2D eigenvalue weighted by atomic mass is 19.1. The SMILES string of the molecule is C=C[C@]1(F)CCCN(c2nccc(N)n2)C1. The van der Waals surface area contributed by atoms with Gasteiger partial charge in [-0.25, -0.2) is 9.37 Å². The predicted octanol–water partition coefficient (Wildman–Crippen LogP) is 1.55. The number of anilines is 2. The molecule has 1 saturated heterocycles. The Morgan fingerprint density at radius 3 is 3.12 bits per heavy atom. The van der Waals surface area contributed by atoms with Gasteiger partial charge >= 0.3 is 0 Å². The molecule has 86 valence electrons. The molecular weight excluding hydrogens is 207 g/mol. The van der Waals surface area contributed by atoms with Gasteiger partial charge in [0.1, 0.15) is 11.5 Å². The minimum Gasteiger partial charge on any atom is -0.384 e. The van der Waals surface area contributed by atoms with Crippen LogP contribution in [0.5, 0.6) is 0 Å². The Hall–Kier alpha value is -1.65. The average molecular weight is 222 g/mol. The highest BCUT2D eigenvalue weighted by molar-refractivity contribution is 5.39. The van der Waals surface area contributed by atoms with E-state index < -0.39 is 5.67 Å². The molecular formula is C11H15FN4. The van der Waals surface area contributed by atoms with Gasteiger partial charge in [0.15, 0.2) is 0 Å². The average Bonchev–Trinajstić information content (AvgIpc) is 2.29. The smallest absolute Gasteiger partial charge is 0.227 e. The molecule has 2 heterocycles. The molecule has 0 saturated carbocycles. The molecule has 1 aromatic rings. The summed E-state index contributed by atoms with van der Waals surface area (Å²) < 4.78 is 14.1. The Balaban J connectivity index is 2.19. The number of alkyl halides is 1. The second kappa shape index (κ2) is 4.08. The maximum absolute atomic E-state index is 14.1. The van der Waals surface area contributed by atoms with Crippen molar-refractivity contribution in [2.45, 2.75) is 18.5 Å². The van der Waals surface area contributed by atoms with Gasteiger partial charge in [0.2, 0.25) is 5.95 Å². The molecule has 5 heteroatoms. The first kappa shape index (κ1) is 10.9. The van der Waals surface area contributed by atoms with E-state index in [2.05, 4.69) is 16.5 Å². The van der Waals surface area contributed by atoms with Crippen LogP contribution in [-0.2, 0) is 0 Å². The van der Waals surface area contributed by atoms with Crippen molar-refractivity contribution in [2.24, 2.45) is 0 Å². The zero-order chi connectivity index (χ0) is 11.6. The van der Waals surface area contributed by atoms with Crippen LogP contribution in [-0.4, -0.2) is 28.7 Å². The Morgan fingerprint density at radius 1 is 1.62 bits per heavy atom. The summed E-state index contributed by atoms with van der Waals surface area (Å²) >= 11 is 0. The fraction of sp³-hybridized carbons (Fsp3) is 0.455. The molecule has 1 atom stereocenters. The molecule has 0 unspecified atom stereocenters. The summed E-state index contributed by atoms with van der Waals surface area (Å²) in [6.45, 7) is 4.54. The number of hydrogen-bond donors (Lipinski definition) is 1. The maximum atomic E-state index is 14.1. The minimum atomic E-state index is -1.34. The van der Waals surface area contributed by atoms with Crippen molar-refractivity contribution in [1.29, 1.82) is 0 Å². The van der Waals surface area contributed by atoms with Crippen molar-refractivity contribution in [3.63, 3.8) is 0 Å². The van der Waals surface area contributed by atoms with Crippen molar-refractivity contribution >= 4 is 11.8 Å². The van der Waals surface area contributed by atoms with Crippen LogP contribution in [0.4, 0.5) is 16.2 Å². The molecule has 0 spiro atoms. The summed E-state index contributed by atoms with van der Waals surface area (Å²) in [5.74, 6) is 0.891. The molecule has 1 aromatic heterocycles. The van der Waals surface area contributed by atoms with Gasteiger partial charge in [-0.15, -0.1) is 0 Å². The number of aromatic nitrogens is 2. The van der Waals surface area contributed by atoms with Gasteiger partial charge < -0.3 is 10.6 Å². The van der Waals surface area contributed by atoms with Crippen LogP contribution in [0.25, 0.3) is 0 Å². The Labute approximate surface area is 94.0 Å². The summed E-state index contributed by atoms with van der Waals surface area (Å²) in [4.78, 5) is 9.99. The summed E-state index contributed by atoms with van der Waals surface area (Å²) in [6, 6.07) is 1.61. The van der Waals surface area contributed by atoms with Crippen LogP contribution < -0.4 is 10.6 Å². The van der Waals surface area contributed by atoms with Gasteiger partial charge in [-0.2, -0.15) is 4.98 Å². The summed E-state index contributed by atoms with van der Waals surface area (Å²) in [7, 11) is 0. The monoisotopic (exact) mass is 222 g/mol. The van der Waals surface area contributed by atoms with Gasteiger partial charge in [-0.3, -0.25) is 0 Å². The molecule has 16 heavy (non-hydrogen) atoms. The van der Waals surface area contributed by atoms with Crippen LogP contribution in [0.3, 0.4) is 0 Å². The largest absolute Gasteiger partial charge is 0.384 e. The third-order valence-corrected chi connectivity index (χ3v) is 2.79. The molecule has 0 aromatic carbocycles. The lowest BCUT2D eigenvalue weighted by Gasteiger charge is -2.35. The summed E-state index contributed by atoms with van der Waals surface area (Å²) in [6.07, 6.45) is 4.22. The van der Waals surface area contributed by atoms with E-state index in [1.165, 1.54) is 6.08 Å². The second-order valence-electron chi connectivity index (χ2n) is 4.05. The van der Waals surface area contributed by atoms with Gasteiger partial charge in [-0.1, -0.05) is 12.7 Å². The van der Waals surface area contributed by atoms with E-state index in [1.54, 1.807) is 12.3 Å². The number of nitrogen functional groups attached to an aromatic ring is 1. The second-order valence-corrected chi connectivity index (χ2v) is 4.05. The van der Waals surface area contributed by atoms with E-state index in [4.69, 9.17) is 5.73 Å². The molecule has 2 rings (SSSR count). The quantitative estimate of drug-likeness (QED) is 0.771. The van der Waals surface area contributed by atoms with Crippen LogP contribution in [0, 0.1) is 0 Å². The zero-order valence-electron chi connectivity index (χ0n) is 9.06. The number of piperidine rings is 1. The van der Waals surface area contributed by atoms with Crippen LogP contribution in [0.1, 0.15) is 12.8 Å². The lowest BCUT2D eigenvalue weighted by Crippen LogP contribution is -2.44. The van der Waals surface area contributed by atoms with Gasteiger partial charge in [0.05, 0.1) is 6.54 Å². The molecule has 1 aliphatic rings. The fourth-order valence-corrected chi connectivity index (χ4v) is 1.89. The Morgan fingerprint density at radius 2 is 2.44 bits per heavy atom. The topological polar surface area (TPSA) is 55.0 Å². The van der Waals surface area contributed by atoms with E-state index in [-0.39, 0.29) is 6.54 Å². The van der Waals surface area contributed by atoms with Crippen molar-refractivity contribution in [1.82, 2.24) is 9.97 Å². The molecule has 2 N–H and O–H groups in total. The number of nitrogens with zero attached hydrogens (tertiary/aromatic N) is 3. The van der Waals surface area contributed by atoms with Gasteiger partial charge in [-0.05, 0) is 18.9 Å². The van der Waals surface area contributed by atoms with Crippen LogP contribution >= 0.6 is 0 Å². The Bertz CT molecular complexity index is 395. The highest BCUT2D eigenvalue weighted by Gasteiger charge is 2.33. The number of rotatable bonds is 2. The van der Waals surface area contributed by atoms with E-state index in [1.807, 2.05) is 4.90 Å². The van der Waals surface area contributed by atoms with Crippen molar-refractivity contribution in [3.05, 3.63) is 24.9 Å². The first-order valence-electron chi connectivity index (χ1n) is 5.29. The van der Waals surface area contributed by atoms with Gasteiger partial charge in [0, 0.05) is 12.7 Å². The van der Waals surface area contributed by atoms with E-state index in [0.29, 0.717) is 18.2 Å². The van der Waals surface area contributed by atoms with Gasteiger partial charge in [0.25, 0.3) is 0 Å². The molecule has 0 radical (unpaired) electrons. The molecule has 0 aliphatic carbocycles. The fourth-order valence-electron chi connectivity index (χ4n) is 1.89. The molecule has 1 aliphatic heterocycles. The van der Waals surface area contributed by atoms with Crippen molar-refractivity contribution < 1.29 is 4.39 Å². The third-order valence-electron chi connectivity index (χ3n) is 2.79. The third kappa shape index (κ3) is 2.13. The first-order chi connectivity index (χ1) is 7.63. The maximum Gasteiger partial charge on any atom is 0.227 e. The van der Waals surface area contributed by atoms with E-state index in [9.17, 15) is 4.39 Å². The van der Waals surface area contributed by atoms with E-state index in [0.717, 1.165) is 13.0 Å².